The van der Waals surface area contributed by atoms with E-state index < -0.39 is 41.6 Å². The Labute approximate surface area is 223 Å². The molecule has 38 heavy (non-hydrogen) atoms. The van der Waals surface area contributed by atoms with Crippen LogP contribution in [-0.2, 0) is 36.9 Å². The molecule has 9 nitrogen and oxygen atoms in total. The average Bonchev–Trinajstić information content (AvgIpc) is 3.37. The molecule has 0 aliphatic carbocycles. The lowest BCUT2D eigenvalue weighted by Crippen LogP contribution is -2.54. The van der Waals surface area contributed by atoms with Gasteiger partial charge in [0.15, 0.2) is 0 Å². The first-order valence-electron chi connectivity index (χ1n) is 12.9. The van der Waals surface area contributed by atoms with Gasteiger partial charge < -0.3 is 20.1 Å². The Bertz CT molecular complexity index is 1080. The van der Waals surface area contributed by atoms with Crippen LogP contribution in [0.25, 0.3) is 0 Å². The summed E-state index contributed by atoms with van der Waals surface area (Å²) in [7, 11) is 0. The van der Waals surface area contributed by atoms with Gasteiger partial charge in [-0.25, -0.2) is 4.79 Å². The number of ether oxygens (including phenoxy) is 2. The number of nitrogens with zero attached hydrogens (tertiary/aromatic N) is 1. The SMILES string of the molecule is CC(C)(C)OC(=O)CCNC(=O)[C@@H](Cc1ccccc1)NC(=O)[C@@H]1CCCN1C(=O)OCc1ccccc1. The molecule has 0 unspecified atom stereocenters. The number of hydrogen-bond acceptors (Lipinski definition) is 6. The second-order valence-electron chi connectivity index (χ2n) is 10.3. The van der Waals surface area contributed by atoms with Gasteiger partial charge in [0.2, 0.25) is 11.8 Å². The van der Waals surface area contributed by atoms with Crippen molar-refractivity contribution in [3.63, 3.8) is 0 Å². The van der Waals surface area contributed by atoms with Crippen molar-refractivity contribution in [2.45, 2.75) is 70.7 Å². The molecular formula is C29H37N3O6. The largest absolute Gasteiger partial charge is 0.460 e. The van der Waals surface area contributed by atoms with Crippen molar-refractivity contribution >= 4 is 23.9 Å². The van der Waals surface area contributed by atoms with Crippen LogP contribution in [0.5, 0.6) is 0 Å². The highest BCUT2D eigenvalue weighted by atomic mass is 16.6. The summed E-state index contributed by atoms with van der Waals surface area (Å²) < 4.78 is 10.7. The Balaban J connectivity index is 1.60. The summed E-state index contributed by atoms with van der Waals surface area (Å²) in [4.78, 5) is 52.5. The van der Waals surface area contributed by atoms with Crippen molar-refractivity contribution in [3.05, 3.63) is 71.8 Å². The van der Waals surface area contributed by atoms with E-state index >= 15 is 0 Å². The van der Waals surface area contributed by atoms with Gasteiger partial charge in [-0.1, -0.05) is 60.7 Å². The van der Waals surface area contributed by atoms with Crippen LogP contribution in [0.15, 0.2) is 60.7 Å². The third-order valence-electron chi connectivity index (χ3n) is 5.96. The summed E-state index contributed by atoms with van der Waals surface area (Å²) in [6, 6.07) is 17.0. The smallest absolute Gasteiger partial charge is 0.410 e. The van der Waals surface area contributed by atoms with E-state index in [0.29, 0.717) is 19.4 Å². The third kappa shape index (κ3) is 9.21. The molecule has 2 N–H and O–H groups in total. The fraction of sp³-hybridized carbons (Fsp3) is 0.448. The molecule has 1 fully saturated rings. The van der Waals surface area contributed by atoms with Gasteiger partial charge in [0.05, 0.1) is 6.42 Å². The normalized spacial score (nSPS) is 15.9. The lowest BCUT2D eigenvalue weighted by Gasteiger charge is -2.26. The fourth-order valence-corrected chi connectivity index (χ4v) is 4.19. The van der Waals surface area contributed by atoms with Gasteiger partial charge in [0, 0.05) is 19.5 Å². The van der Waals surface area contributed by atoms with Gasteiger partial charge in [0.25, 0.3) is 0 Å². The van der Waals surface area contributed by atoms with E-state index in [2.05, 4.69) is 10.6 Å². The molecule has 2 aromatic rings. The van der Waals surface area contributed by atoms with Crippen LogP contribution in [0.2, 0.25) is 0 Å². The Hall–Kier alpha value is -3.88. The second-order valence-corrected chi connectivity index (χ2v) is 10.3. The van der Waals surface area contributed by atoms with Crippen LogP contribution in [0.1, 0.15) is 51.2 Å². The van der Waals surface area contributed by atoms with E-state index in [1.54, 1.807) is 20.8 Å². The second kappa shape index (κ2) is 13.6. The van der Waals surface area contributed by atoms with E-state index in [0.717, 1.165) is 11.1 Å². The Morgan fingerprint density at radius 1 is 0.974 bits per heavy atom. The first kappa shape index (κ1) is 28.7. The maximum Gasteiger partial charge on any atom is 0.410 e. The molecule has 1 aliphatic rings. The molecule has 204 valence electrons. The number of esters is 1. The summed E-state index contributed by atoms with van der Waals surface area (Å²) in [5, 5.41) is 5.55. The van der Waals surface area contributed by atoms with Gasteiger partial charge in [0.1, 0.15) is 24.3 Å². The van der Waals surface area contributed by atoms with Crippen molar-refractivity contribution in [2.24, 2.45) is 0 Å². The fourth-order valence-electron chi connectivity index (χ4n) is 4.19. The van der Waals surface area contributed by atoms with E-state index in [9.17, 15) is 19.2 Å². The van der Waals surface area contributed by atoms with Crippen LogP contribution >= 0.6 is 0 Å². The molecule has 0 saturated carbocycles. The van der Waals surface area contributed by atoms with Crippen molar-refractivity contribution in [3.8, 4) is 0 Å². The number of benzene rings is 2. The predicted octanol–water partition coefficient (Wildman–Crippen LogP) is 3.36. The van der Waals surface area contributed by atoms with Crippen molar-refractivity contribution in [1.29, 1.82) is 0 Å². The molecule has 0 radical (unpaired) electrons. The lowest BCUT2D eigenvalue weighted by atomic mass is 10.0. The van der Waals surface area contributed by atoms with Crippen LogP contribution < -0.4 is 10.6 Å². The summed E-state index contributed by atoms with van der Waals surface area (Å²) in [5.74, 6) is -1.25. The highest BCUT2D eigenvalue weighted by Gasteiger charge is 2.36. The minimum Gasteiger partial charge on any atom is -0.460 e. The molecule has 1 saturated heterocycles. The average molecular weight is 524 g/mol. The minimum absolute atomic E-state index is 0.0126. The number of amides is 3. The molecule has 0 bridgehead atoms. The number of hydrogen-bond donors (Lipinski definition) is 2. The van der Waals surface area contributed by atoms with E-state index in [1.165, 1.54) is 4.90 Å². The molecule has 0 aromatic heterocycles. The van der Waals surface area contributed by atoms with Gasteiger partial charge in [-0.3, -0.25) is 19.3 Å². The topological polar surface area (TPSA) is 114 Å². The molecular weight excluding hydrogens is 486 g/mol. The molecule has 3 amide bonds. The Morgan fingerprint density at radius 3 is 2.24 bits per heavy atom. The molecule has 2 atom stereocenters. The molecule has 0 spiro atoms. The van der Waals surface area contributed by atoms with Gasteiger partial charge in [-0.15, -0.1) is 0 Å². The quantitative estimate of drug-likeness (QED) is 0.462. The number of carbonyl (C=O) groups excluding carboxylic acids is 4. The zero-order valence-electron chi connectivity index (χ0n) is 22.3. The monoisotopic (exact) mass is 523 g/mol. The van der Waals surface area contributed by atoms with Gasteiger partial charge in [-0.2, -0.15) is 0 Å². The first-order chi connectivity index (χ1) is 18.1. The van der Waals surface area contributed by atoms with Gasteiger partial charge >= 0.3 is 12.1 Å². The highest BCUT2D eigenvalue weighted by molar-refractivity contribution is 5.92. The molecule has 9 heteroatoms. The summed E-state index contributed by atoms with van der Waals surface area (Å²) >= 11 is 0. The van der Waals surface area contributed by atoms with E-state index in [1.807, 2.05) is 60.7 Å². The summed E-state index contributed by atoms with van der Waals surface area (Å²) in [6.07, 6.45) is 0.844. The molecule has 1 heterocycles. The maximum atomic E-state index is 13.3. The lowest BCUT2D eigenvalue weighted by molar-refractivity contribution is -0.154. The molecule has 2 aromatic carbocycles. The standard InChI is InChI=1S/C29H37N3O6/c1-29(2,3)38-25(33)16-17-30-26(34)23(19-21-11-6-4-7-12-21)31-27(35)24-15-10-18-32(24)28(36)37-20-22-13-8-5-9-14-22/h4-9,11-14,23-24H,10,15-20H2,1-3H3,(H,30,34)(H,31,35)/t23-,24+/m1/s1. The van der Waals surface area contributed by atoms with Crippen LogP contribution in [0, 0.1) is 0 Å². The van der Waals surface area contributed by atoms with Crippen LogP contribution in [-0.4, -0.2) is 59.6 Å². The summed E-state index contributed by atoms with van der Waals surface area (Å²) in [5.41, 5.74) is 1.11. The number of nitrogens with one attached hydrogen (secondary N) is 2. The number of likely N-dealkylation sites (tertiary alicyclic amines) is 1. The molecule has 1 aliphatic heterocycles. The van der Waals surface area contributed by atoms with Crippen molar-refractivity contribution in [2.75, 3.05) is 13.1 Å². The number of rotatable bonds is 10. The maximum absolute atomic E-state index is 13.3. The zero-order valence-corrected chi connectivity index (χ0v) is 22.3. The first-order valence-corrected chi connectivity index (χ1v) is 12.9. The Morgan fingerprint density at radius 2 is 1.61 bits per heavy atom. The van der Waals surface area contributed by atoms with Crippen LogP contribution in [0.4, 0.5) is 4.79 Å². The van der Waals surface area contributed by atoms with Crippen molar-refractivity contribution in [1.82, 2.24) is 15.5 Å². The third-order valence-corrected chi connectivity index (χ3v) is 5.96. The molecule has 3 rings (SSSR count). The Kier molecular flexibility index (Phi) is 10.3. The zero-order chi connectivity index (χ0) is 27.5. The van der Waals surface area contributed by atoms with Gasteiger partial charge in [-0.05, 0) is 44.7 Å². The summed E-state index contributed by atoms with van der Waals surface area (Å²) in [6.45, 7) is 5.92. The van der Waals surface area contributed by atoms with E-state index in [-0.39, 0.29) is 26.0 Å². The van der Waals surface area contributed by atoms with E-state index in [4.69, 9.17) is 9.47 Å². The highest BCUT2D eigenvalue weighted by Crippen LogP contribution is 2.20. The van der Waals surface area contributed by atoms with Crippen LogP contribution in [0.3, 0.4) is 0 Å². The van der Waals surface area contributed by atoms with Crippen molar-refractivity contribution < 1.29 is 28.7 Å². The number of carbonyl (C=O) groups is 4. The predicted molar refractivity (Wildman–Crippen MR) is 142 cm³/mol. The minimum atomic E-state index is -0.883.